The summed E-state index contributed by atoms with van der Waals surface area (Å²) in [5.41, 5.74) is 7.27. The van der Waals surface area contributed by atoms with Gasteiger partial charge in [-0.1, -0.05) is 0 Å². The third-order valence-electron chi connectivity index (χ3n) is 2.71. The Hall–Kier alpha value is -1.95. The Kier molecular flexibility index (Phi) is 3.06. The molecule has 1 aliphatic rings. The smallest absolute Gasteiger partial charge is 0.325 e. The molecule has 0 fully saturated rings. The number of hydrogen-bond donors (Lipinski definition) is 1. The summed E-state index contributed by atoms with van der Waals surface area (Å²) in [6.45, 7) is -0.125. The highest BCUT2D eigenvalue weighted by atomic mass is 16.5. The summed E-state index contributed by atoms with van der Waals surface area (Å²) in [5.74, 6) is -0.746. The van der Waals surface area contributed by atoms with Gasteiger partial charge in [0.05, 0.1) is 18.8 Å². The molecule has 6 heteroatoms. The first-order chi connectivity index (χ1) is 8.13. The Morgan fingerprint density at radius 1 is 1.71 bits per heavy atom. The van der Waals surface area contributed by atoms with Gasteiger partial charge in [0.15, 0.2) is 0 Å². The van der Waals surface area contributed by atoms with E-state index in [9.17, 15) is 9.59 Å². The summed E-state index contributed by atoms with van der Waals surface area (Å²) in [5, 5.41) is 0. The number of hydrogen-bond acceptors (Lipinski definition) is 5. The Balaban J connectivity index is 2.35. The normalized spacial score (nSPS) is 18.8. The van der Waals surface area contributed by atoms with Crippen molar-refractivity contribution in [2.75, 3.05) is 18.6 Å². The number of pyridine rings is 1. The first kappa shape index (κ1) is 11.5. The zero-order chi connectivity index (χ0) is 12.4. The highest BCUT2D eigenvalue weighted by molar-refractivity contribution is 6.03. The fourth-order valence-corrected chi connectivity index (χ4v) is 1.84. The van der Waals surface area contributed by atoms with Crippen LogP contribution in [0.3, 0.4) is 0 Å². The van der Waals surface area contributed by atoms with E-state index in [1.165, 1.54) is 12.0 Å². The number of anilines is 1. The molecule has 1 aliphatic heterocycles. The van der Waals surface area contributed by atoms with Gasteiger partial charge in [0.1, 0.15) is 6.54 Å². The lowest BCUT2D eigenvalue weighted by Gasteiger charge is -2.31. The third kappa shape index (κ3) is 2.12. The zero-order valence-electron chi connectivity index (χ0n) is 9.42. The van der Waals surface area contributed by atoms with Crippen molar-refractivity contribution in [3.05, 3.63) is 24.0 Å². The molecule has 0 saturated heterocycles. The van der Waals surface area contributed by atoms with Crippen LogP contribution in [-0.2, 0) is 20.7 Å². The molecule has 0 bridgehead atoms. The molecule has 1 atom stereocenters. The van der Waals surface area contributed by atoms with Gasteiger partial charge in [0, 0.05) is 18.8 Å². The number of fused-ring (bicyclic) bond motifs is 1. The summed E-state index contributed by atoms with van der Waals surface area (Å²) in [4.78, 5) is 28.5. The first-order valence-corrected chi connectivity index (χ1v) is 5.20. The first-order valence-electron chi connectivity index (χ1n) is 5.20. The molecule has 90 valence electrons. The second kappa shape index (κ2) is 4.50. The largest absolute Gasteiger partial charge is 0.468 e. The van der Waals surface area contributed by atoms with Crippen molar-refractivity contribution in [1.82, 2.24) is 4.98 Å². The van der Waals surface area contributed by atoms with Crippen LogP contribution in [0.2, 0.25) is 0 Å². The van der Waals surface area contributed by atoms with Crippen LogP contribution in [0.1, 0.15) is 5.56 Å². The van der Waals surface area contributed by atoms with Gasteiger partial charge >= 0.3 is 5.97 Å². The predicted molar refractivity (Wildman–Crippen MR) is 60.3 cm³/mol. The van der Waals surface area contributed by atoms with Crippen molar-refractivity contribution >= 4 is 17.6 Å². The van der Waals surface area contributed by atoms with Crippen molar-refractivity contribution in [3.8, 4) is 0 Å². The summed E-state index contributed by atoms with van der Waals surface area (Å²) >= 11 is 0. The Morgan fingerprint density at radius 2 is 2.47 bits per heavy atom. The maximum Gasteiger partial charge on any atom is 0.325 e. The maximum absolute atomic E-state index is 11.9. The lowest BCUT2D eigenvalue weighted by molar-refractivity contribution is -0.140. The number of nitrogens with zero attached hydrogens (tertiary/aromatic N) is 2. The highest BCUT2D eigenvalue weighted by Gasteiger charge is 2.31. The van der Waals surface area contributed by atoms with E-state index in [4.69, 9.17) is 5.73 Å². The maximum atomic E-state index is 11.9. The minimum atomic E-state index is -0.628. The van der Waals surface area contributed by atoms with E-state index < -0.39 is 12.0 Å². The quantitative estimate of drug-likeness (QED) is 0.696. The fourth-order valence-electron chi connectivity index (χ4n) is 1.84. The lowest BCUT2D eigenvalue weighted by Crippen LogP contribution is -2.50. The van der Waals surface area contributed by atoms with Crippen LogP contribution in [-0.4, -0.2) is 36.6 Å². The number of amides is 1. The molecule has 17 heavy (non-hydrogen) atoms. The summed E-state index contributed by atoms with van der Waals surface area (Å²) in [6.07, 6.45) is 3.68. The van der Waals surface area contributed by atoms with E-state index in [2.05, 4.69) is 9.72 Å². The molecule has 2 heterocycles. The minimum Gasteiger partial charge on any atom is -0.468 e. The van der Waals surface area contributed by atoms with E-state index >= 15 is 0 Å². The van der Waals surface area contributed by atoms with Crippen molar-refractivity contribution in [3.63, 3.8) is 0 Å². The molecule has 0 radical (unpaired) electrons. The highest BCUT2D eigenvalue weighted by Crippen LogP contribution is 2.25. The second-order valence-corrected chi connectivity index (χ2v) is 3.82. The van der Waals surface area contributed by atoms with Gasteiger partial charge in [-0.3, -0.25) is 19.5 Å². The van der Waals surface area contributed by atoms with Crippen molar-refractivity contribution in [1.29, 1.82) is 0 Å². The van der Waals surface area contributed by atoms with Gasteiger partial charge < -0.3 is 10.5 Å². The zero-order valence-corrected chi connectivity index (χ0v) is 9.42. The molecule has 0 aliphatic carbocycles. The van der Waals surface area contributed by atoms with Gasteiger partial charge in [-0.2, -0.15) is 0 Å². The molecule has 0 aromatic carbocycles. The number of esters is 1. The molecular formula is C11H13N3O3. The third-order valence-corrected chi connectivity index (χ3v) is 2.71. The van der Waals surface area contributed by atoms with E-state index in [1.54, 1.807) is 18.5 Å². The van der Waals surface area contributed by atoms with Gasteiger partial charge in [0.25, 0.3) is 0 Å². The van der Waals surface area contributed by atoms with Gasteiger partial charge in [-0.15, -0.1) is 0 Å². The van der Waals surface area contributed by atoms with E-state index in [-0.39, 0.29) is 12.5 Å². The molecule has 0 spiro atoms. The van der Waals surface area contributed by atoms with Crippen LogP contribution in [0.15, 0.2) is 18.5 Å². The van der Waals surface area contributed by atoms with Crippen molar-refractivity contribution < 1.29 is 14.3 Å². The average molecular weight is 235 g/mol. The number of carbonyl (C=O) groups is 2. The van der Waals surface area contributed by atoms with Crippen LogP contribution < -0.4 is 10.6 Å². The van der Waals surface area contributed by atoms with E-state index in [0.29, 0.717) is 12.1 Å². The van der Waals surface area contributed by atoms with Crippen LogP contribution in [0.25, 0.3) is 0 Å². The van der Waals surface area contributed by atoms with Crippen LogP contribution in [0.4, 0.5) is 5.69 Å². The van der Waals surface area contributed by atoms with Crippen LogP contribution in [0, 0.1) is 0 Å². The van der Waals surface area contributed by atoms with Crippen molar-refractivity contribution in [2.24, 2.45) is 5.73 Å². The number of rotatable bonds is 2. The second-order valence-electron chi connectivity index (χ2n) is 3.82. The molecule has 1 unspecified atom stereocenters. The van der Waals surface area contributed by atoms with Gasteiger partial charge in [-0.05, 0) is 11.6 Å². The predicted octanol–water partition coefficient (Wildman–Crippen LogP) is -0.529. The fraction of sp³-hybridized carbons (Fsp3) is 0.364. The monoisotopic (exact) mass is 235 g/mol. The van der Waals surface area contributed by atoms with Crippen molar-refractivity contribution in [2.45, 2.75) is 12.5 Å². The number of methoxy groups -OCH3 is 1. The molecule has 2 N–H and O–H groups in total. The lowest BCUT2D eigenvalue weighted by atomic mass is 10.00. The van der Waals surface area contributed by atoms with Crippen LogP contribution >= 0.6 is 0 Å². The number of carbonyl (C=O) groups excluding carboxylic acids is 2. The van der Waals surface area contributed by atoms with E-state index in [0.717, 1.165) is 5.56 Å². The summed E-state index contributed by atoms with van der Waals surface area (Å²) in [6, 6.07) is 1.07. The summed E-state index contributed by atoms with van der Waals surface area (Å²) in [7, 11) is 1.28. The Bertz CT molecular complexity index is 461. The molecule has 0 saturated carbocycles. The number of ether oxygens (including phenoxy) is 1. The van der Waals surface area contributed by atoms with Gasteiger partial charge in [-0.25, -0.2) is 0 Å². The van der Waals surface area contributed by atoms with E-state index in [1.807, 2.05) is 0 Å². The SMILES string of the molecule is COC(=O)CN1C(=O)C(N)Cc2cnccc21. The van der Waals surface area contributed by atoms with Gasteiger partial charge in [0.2, 0.25) is 5.91 Å². The van der Waals surface area contributed by atoms with Crippen LogP contribution in [0.5, 0.6) is 0 Å². The molecule has 1 amide bonds. The average Bonchev–Trinajstić information content (AvgIpc) is 2.34. The molecular weight excluding hydrogens is 222 g/mol. The molecule has 1 aromatic heterocycles. The minimum absolute atomic E-state index is 0.125. The topological polar surface area (TPSA) is 85.5 Å². The standard InChI is InChI=1S/C11H13N3O3/c1-17-10(15)6-14-9-2-3-13-5-7(9)4-8(12)11(14)16/h2-3,5,8H,4,6,12H2,1H3. The molecule has 1 aromatic rings. The Labute approximate surface area is 98.4 Å². The molecule has 2 rings (SSSR count). The Morgan fingerprint density at radius 3 is 3.18 bits per heavy atom. The molecule has 6 nitrogen and oxygen atoms in total. The number of aromatic nitrogens is 1. The summed E-state index contributed by atoms with van der Waals surface area (Å²) < 4.78 is 4.56. The number of nitrogens with two attached hydrogens (primary N) is 1.